The molecule has 0 radical (unpaired) electrons. The standard InChI is InChI=1S/C14H21N3O5S/c1-10-7-12(15-22-10)14(18)16-4-3-11-8-17(23(2,19)20)5-6-21-13(11)9-16/h7,11,13H,3-6,8-9H2,1-2H3/t11-,13-/m1/s1. The summed E-state index contributed by atoms with van der Waals surface area (Å²) >= 11 is 0. The van der Waals surface area contributed by atoms with Crippen molar-refractivity contribution >= 4 is 15.9 Å². The first-order chi connectivity index (χ1) is 10.8. The molecule has 0 bridgehead atoms. The molecule has 8 nitrogen and oxygen atoms in total. The quantitative estimate of drug-likeness (QED) is 0.756. The van der Waals surface area contributed by atoms with Crippen LogP contribution in [0.5, 0.6) is 0 Å². The maximum absolute atomic E-state index is 12.4. The summed E-state index contributed by atoms with van der Waals surface area (Å²) in [5, 5.41) is 3.76. The Kier molecular flexibility index (Phi) is 4.43. The number of ether oxygens (including phenoxy) is 1. The zero-order valence-corrected chi connectivity index (χ0v) is 14.1. The molecule has 0 saturated carbocycles. The highest BCUT2D eigenvalue weighted by Gasteiger charge is 2.37. The van der Waals surface area contributed by atoms with Crippen molar-refractivity contribution in [2.45, 2.75) is 19.4 Å². The molecule has 1 amide bonds. The number of aryl methyl sites for hydroxylation is 1. The fourth-order valence-electron chi connectivity index (χ4n) is 3.14. The first-order valence-electron chi connectivity index (χ1n) is 7.64. The number of carbonyl (C=O) groups is 1. The summed E-state index contributed by atoms with van der Waals surface area (Å²) in [6, 6.07) is 1.62. The van der Waals surface area contributed by atoms with E-state index in [1.54, 1.807) is 17.9 Å². The van der Waals surface area contributed by atoms with Gasteiger partial charge < -0.3 is 14.2 Å². The van der Waals surface area contributed by atoms with E-state index >= 15 is 0 Å². The van der Waals surface area contributed by atoms with Gasteiger partial charge in [0.2, 0.25) is 10.0 Å². The van der Waals surface area contributed by atoms with Gasteiger partial charge in [0.1, 0.15) is 5.76 Å². The number of aromatic nitrogens is 1. The summed E-state index contributed by atoms with van der Waals surface area (Å²) in [7, 11) is -3.22. The number of hydrogen-bond acceptors (Lipinski definition) is 6. The zero-order valence-electron chi connectivity index (χ0n) is 13.3. The summed E-state index contributed by atoms with van der Waals surface area (Å²) < 4.78 is 35.8. The van der Waals surface area contributed by atoms with Crippen molar-refractivity contribution in [3.63, 3.8) is 0 Å². The van der Waals surface area contributed by atoms with Crippen LogP contribution in [0.25, 0.3) is 0 Å². The van der Waals surface area contributed by atoms with Crippen LogP contribution >= 0.6 is 0 Å². The number of fused-ring (bicyclic) bond motifs is 1. The Morgan fingerprint density at radius 2 is 2.13 bits per heavy atom. The molecule has 2 fully saturated rings. The smallest absolute Gasteiger partial charge is 0.276 e. The number of sulfonamides is 1. The van der Waals surface area contributed by atoms with Crippen LogP contribution in [-0.4, -0.2) is 73.8 Å². The third kappa shape index (κ3) is 3.56. The van der Waals surface area contributed by atoms with Crippen LogP contribution in [0, 0.1) is 12.8 Å². The molecular weight excluding hydrogens is 322 g/mol. The van der Waals surface area contributed by atoms with Gasteiger partial charge in [-0.25, -0.2) is 8.42 Å². The minimum absolute atomic E-state index is 0.107. The SMILES string of the molecule is Cc1cc(C(=O)N2CC[C@@H]3CN(S(C)(=O)=O)CCO[C@@H]3C2)no1. The van der Waals surface area contributed by atoms with Crippen LogP contribution in [0.1, 0.15) is 22.7 Å². The van der Waals surface area contributed by atoms with E-state index in [1.165, 1.54) is 10.6 Å². The summed E-state index contributed by atoms with van der Waals surface area (Å²) in [5.41, 5.74) is 0.298. The van der Waals surface area contributed by atoms with Gasteiger partial charge in [0.15, 0.2) is 5.69 Å². The van der Waals surface area contributed by atoms with Gasteiger partial charge in [-0.2, -0.15) is 4.31 Å². The number of piperidine rings is 1. The van der Waals surface area contributed by atoms with Crippen LogP contribution in [0.2, 0.25) is 0 Å². The van der Waals surface area contributed by atoms with E-state index in [2.05, 4.69) is 5.16 Å². The third-order valence-electron chi connectivity index (χ3n) is 4.41. The average Bonchev–Trinajstić information content (AvgIpc) is 2.80. The van der Waals surface area contributed by atoms with Gasteiger partial charge in [-0.1, -0.05) is 5.16 Å². The molecule has 3 rings (SSSR count). The Hall–Kier alpha value is -1.45. The molecule has 1 aromatic rings. The first kappa shape index (κ1) is 16.4. The molecule has 23 heavy (non-hydrogen) atoms. The highest BCUT2D eigenvalue weighted by atomic mass is 32.2. The molecule has 2 saturated heterocycles. The van der Waals surface area contributed by atoms with Gasteiger partial charge in [-0.3, -0.25) is 4.79 Å². The summed E-state index contributed by atoms with van der Waals surface area (Å²) in [6.45, 7) is 3.92. The molecule has 9 heteroatoms. The predicted octanol–water partition coefficient (Wildman–Crippen LogP) is 0.106. The molecule has 0 aromatic carbocycles. The van der Waals surface area contributed by atoms with Gasteiger partial charge in [0, 0.05) is 38.2 Å². The molecule has 0 aliphatic carbocycles. The number of carbonyl (C=O) groups excluding carboxylic acids is 1. The molecule has 2 aliphatic rings. The second kappa shape index (κ2) is 6.21. The van der Waals surface area contributed by atoms with Crippen molar-refractivity contribution in [3.8, 4) is 0 Å². The fraction of sp³-hybridized carbons (Fsp3) is 0.714. The Labute approximate surface area is 135 Å². The maximum Gasteiger partial charge on any atom is 0.276 e. The van der Waals surface area contributed by atoms with Crippen LogP contribution < -0.4 is 0 Å². The molecule has 0 unspecified atom stereocenters. The van der Waals surface area contributed by atoms with Crippen LogP contribution in [0.15, 0.2) is 10.6 Å². The van der Waals surface area contributed by atoms with Gasteiger partial charge in [0.25, 0.3) is 5.91 Å². The molecule has 2 atom stereocenters. The predicted molar refractivity (Wildman–Crippen MR) is 81.4 cm³/mol. The van der Waals surface area contributed by atoms with E-state index in [9.17, 15) is 13.2 Å². The Morgan fingerprint density at radius 3 is 2.78 bits per heavy atom. The first-order valence-corrected chi connectivity index (χ1v) is 9.49. The number of amides is 1. The fourth-order valence-corrected chi connectivity index (χ4v) is 4.00. The van der Waals surface area contributed by atoms with E-state index < -0.39 is 10.0 Å². The highest BCUT2D eigenvalue weighted by Crippen LogP contribution is 2.26. The van der Waals surface area contributed by atoms with Gasteiger partial charge in [0.05, 0.1) is 19.0 Å². The lowest BCUT2D eigenvalue weighted by atomic mass is 9.93. The summed E-state index contributed by atoms with van der Waals surface area (Å²) in [5.74, 6) is 0.529. The van der Waals surface area contributed by atoms with Crippen molar-refractivity contribution in [3.05, 3.63) is 17.5 Å². The lowest BCUT2D eigenvalue weighted by Crippen LogP contribution is -2.49. The molecule has 128 valence electrons. The molecular formula is C14H21N3O5S. The Morgan fingerprint density at radius 1 is 1.35 bits per heavy atom. The zero-order chi connectivity index (χ0) is 16.6. The third-order valence-corrected chi connectivity index (χ3v) is 5.68. The normalized spacial score (nSPS) is 26.6. The van der Waals surface area contributed by atoms with Crippen molar-refractivity contribution in [1.82, 2.24) is 14.4 Å². The molecule has 0 spiro atoms. The van der Waals surface area contributed by atoms with Crippen molar-refractivity contribution < 1.29 is 22.5 Å². The number of likely N-dealkylation sites (tertiary alicyclic amines) is 1. The Balaban J connectivity index is 1.68. The van der Waals surface area contributed by atoms with E-state index in [1.807, 2.05) is 0 Å². The van der Waals surface area contributed by atoms with Crippen molar-refractivity contribution in [2.24, 2.45) is 5.92 Å². The van der Waals surface area contributed by atoms with Crippen LogP contribution in [0.4, 0.5) is 0 Å². The van der Waals surface area contributed by atoms with E-state index in [0.29, 0.717) is 50.7 Å². The van der Waals surface area contributed by atoms with Gasteiger partial charge in [-0.15, -0.1) is 0 Å². The second-order valence-electron chi connectivity index (χ2n) is 6.15. The summed E-state index contributed by atoms with van der Waals surface area (Å²) in [6.07, 6.45) is 1.78. The van der Waals surface area contributed by atoms with E-state index in [4.69, 9.17) is 9.26 Å². The highest BCUT2D eigenvalue weighted by molar-refractivity contribution is 7.88. The van der Waals surface area contributed by atoms with Crippen molar-refractivity contribution in [2.75, 3.05) is 39.0 Å². The Bertz CT molecular complexity index is 686. The lowest BCUT2D eigenvalue weighted by molar-refractivity contribution is -0.0172. The van der Waals surface area contributed by atoms with Crippen LogP contribution in [-0.2, 0) is 14.8 Å². The molecule has 0 N–H and O–H groups in total. The lowest BCUT2D eigenvalue weighted by Gasteiger charge is -2.37. The number of hydrogen-bond donors (Lipinski definition) is 0. The number of nitrogens with zero attached hydrogens (tertiary/aromatic N) is 3. The van der Waals surface area contributed by atoms with E-state index in [-0.39, 0.29) is 17.9 Å². The minimum Gasteiger partial charge on any atom is -0.375 e. The van der Waals surface area contributed by atoms with E-state index in [0.717, 1.165) is 0 Å². The molecule has 3 heterocycles. The second-order valence-corrected chi connectivity index (χ2v) is 8.14. The minimum atomic E-state index is -3.22. The van der Waals surface area contributed by atoms with Crippen LogP contribution in [0.3, 0.4) is 0 Å². The molecule has 2 aliphatic heterocycles. The monoisotopic (exact) mass is 343 g/mol. The maximum atomic E-state index is 12.4. The van der Waals surface area contributed by atoms with Gasteiger partial charge in [-0.05, 0) is 13.3 Å². The average molecular weight is 343 g/mol. The topological polar surface area (TPSA) is 93.0 Å². The van der Waals surface area contributed by atoms with Crippen molar-refractivity contribution in [1.29, 1.82) is 0 Å². The number of rotatable bonds is 2. The van der Waals surface area contributed by atoms with Gasteiger partial charge >= 0.3 is 0 Å². The summed E-state index contributed by atoms with van der Waals surface area (Å²) in [4.78, 5) is 14.1. The largest absolute Gasteiger partial charge is 0.375 e. The molecule has 1 aromatic heterocycles.